The van der Waals surface area contributed by atoms with Crippen molar-refractivity contribution in [1.82, 2.24) is 0 Å². The molecule has 0 fully saturated rings. The number of anilines is 2. The fraction of sp³-hybridized carbons (Fsp3) is 0.105. The van der Waals surface area contributed by atoms with E-state index in [0.29, 0.717) is 5.69 Å². The number of phenols is 1. The van der Waals surface area contributed by atoms with Crippen LogP contribution in [0.2, 0.25) is 0 Å². The fourth-order valence-corrected chi connectivity index (χ4v) is 4.59. The fourth-order valence-electron chi connectivity index (χ4n) is 2.55. The molecule has 0 saturated heterocycles. The van der Waals surface area contributed by atoms with Crippen molar-refractivity contribution in [3.8, 4) is 5.75 Å². The van der Waals surface area contributed by atoms with E-state index in [1.807, 2.05) is 25.1 Å². The van der Waals surface area contributed by atoms with Crippen LogP contribution in [0.25, 0.3) is 0 Å². The molecule has 0 saturated carbocycles. The molecule has 0 radical (unpaired) electrons. The van der Waals surface area contributed by atoms with E-state index in [0.717, 1.165) is 23.3 Å². The van der Waals surface area contributed by atoms with Crippen LogP contribution in [0, 0.1) is 0 Å². The minimum atomic E-state index is -3.72. The van der Waals surface area contributed by atoms with Gasteiger partial charge >= 0.3 is 0 Å². The second-order valence-electron chi connectivity index (χ2n) is 5.73. The number of hydrogen-bond acceptors (Lipinski definition) is 5. The minimum absolute atomic E-state index is 0.0555. The first-order valence-electron chi connectivity index (χ1n) is 8.19. The van der Waals surface area contributed by atoms with Gasteiger partial charge < -0.3 is 10.4 Å². The topological polar surface area (TPSA) is 95.5 Å². The lowest BCUT2D eigenvalue weighted by Crippen LogP contribution is -2.14. The average Bonchev–Trinajstić information content (AvgIpc) is 3.17. The standard InChI is InChI=1S/C19H18N2O4S2/c1-2-13-6-3-4-7-16(13)20-19(23)15-10-9-14(12-17(15)22)21-27(24,25)18-8-5-11-26-18/h3-12,21-22H,2H2,1H3,(H,20,23). The van der Waals surface area contributed by atoms with Gasteiger partial charge in [-0.2, -0.15) is 0 Å². The van der Waals surface area contributed by atoms with Gasteiger partial charge in [-0.1, -0.05) is 31.2 Å². The van der Waals surface area contributed by atoms with Crippen LogP contribution in [-0.2, 0) is 16.4 Å². The Morgan fingerprint density at radius 2 is 1.89 bits per heavy atom. The van der Waals surface area contributed by atoms with E-state index in [2.05, 4.69) is 10.0 Å². The lowest BCUT2D eigenvalue weighted by atomic mass is 10.1. The van der Waals surface area contributed by atoms with Crippen molar-refractivity contribution in [3.05, 3.63) is 71.1 Å². The number of hydrogen-bond donors (Lipinski definition) is 3. The summed E-state index contributed by atoms with van der Waals surface area (Å²) in [6.07, 6.45) is 0.756. The van der Waals surface area contributed by atoms with Crippen LogP contribution in [0.1, 0.15) is 22.8 Å². The highest BCUT2D eigenvalue weighted by atomic mass is 32.2. The maximum Gasteiger partial charge on any atom is 0.271 e. The number of sulfonamides is 1. The third-order valence-corrected chi connectivity index (χ3v) is 6.68. The summed E-state index contributed by atoms with van der Waals surface area (Å²) in [7, 11) is -3.72. The first kappa shape index (κ1) is 18.9. The summed E-state index contributed by atoms with van der Waals surface area (Å²) in [5.74, 6) is -0.783. The van der Waals surface area contributed by atoms with Crippen LogP contribution in [0.5, 0.6) is 5.75 Å². The summed E-state index contributed by atoms with van der Waals surface area (Å²) >= 11 is 1.09. The van der Waals surface area contributed by atoms with E-state index in [-0.39, 0.29) is 21.2 Å². The van der Waals surface area contributed by atoms with Crippen LogP contribution in [-0.4, -0.2) is 19.4 Å². The SMILES string of the molecule is CCc1ccccc1NC(=O)c1ccc(NS(=O)(=O)c2cccs2)cc1O. The van der Waals surface area contributed by atoms with Gasteiger partial charge in [0.25, 0.3) is 15.9 Å². The van der Waals surface area contributed by atoms with Crippen molar-refractivity contribution in [2.45, 2.75) is 17.6 Å². The summed E-state index contributed by atoms with van der Waals surface area (Å²) in [6, 6.07) is 14.6. The van der Waals surface area contributed by atoms with Crippen molar-refractivity contribution in [2.24, 2.45) is 0 Å². The highest BCUT2D eigenvalue weighted by Crippen LogP contribution is 2.26. The van der Waals surface area contributed by atoms with Gasteiger partial charge in [-0.15, -0.1) is 11.3 Å². The average molecular weight is 402 g/mol. The Kier molecular flexibility index (Phi) is 5.48. The summed E-state index contributed by atoms with van der Waals surface area (Å²) in [4.78, 5) is 12.5. The molecule has 0 aliphatic rings. The van der Waals surface area contributed by atoms with Crippen molar-refractivity contribution < 1.29 is 18.3 Å². The van der Waals surface area contributed by atoms with Gasteiger partial charge in [0.2, 0.25) is 0 Å². The Morgan fingerprint density at radius 1 is 1.11 bits per heavy atom. The van der Waals surface area contributed by atoms with Gasteiger partial charge in [-0.25, -0.2) is 8.42 Å². The summed E-state index contributed by atoms with van der Waals surface area (Å²) in [6.45, 7) is 1.98. The number of nitrogens with one attached hydrogen (secondary N) is 2. The zero-order valence-corrected chi connectivity index (χ0v) is 16.1. The van der Waals surface area contributed by atoms with Crippen LogP contribution >= 0.6 is 11.3 Å². The zero-order valence-electron chi connectivity index (χ0n) is 14.5. The van der Waals surface area contributed by atoms with E-state index in [1.54, 1.807) is 17.5 Å². The molecule has 27 heavy (non-hydrogen) atoms. The van der Waals surface area contributed by atoms with Crippen LogP contribution < -0.4 is 10.0 Å². The molecular weight excluding hydrogens is 384 g/mol. The number of carbonyl (C=O) groups is 1. The highest BCUT2D eigenvalue weighted by molar-refractivity contribution is 7.94. The number of amides is 1. The second kappa shape index (κ2) is 7.81. The van der Waals surface area contributed by atoms with Gasteiger partial charge in [0.05, 0.1) is 11.3 Å². The molecule has 6 nitrogen and oxygen atoms in total. The Morgan fingerprint density at radius 3 is 2.56 bits per heavy atom. The molecule has 0 unspecified atom stereocenters. The van der Waals surface area contributed by atoms with E-state index in [4.69, 9.17) is 0 Å². The summed E-state index contributed by atoms with van der Waals surface area (Å²) < 4.78 is 27.0. The Hall–Kier alpha value is -2.84. The third-order valence-electron chi connectivity index (χ3n) is 3.90. The van der Waals surface area contributed by atoms with Gasteiger partial charge in [0.15, 0.2) is 0 Å². The van der Waals surface area contributed by atoms with Crippen LogP contribution in [0.3, 0.4) is 0 Å². The number of para-hydroxylation sites is 1. The zero-order chi connectivity index (χ0) is 19.4. The van der Waals surface area contributed by atoms with Crippen molar-refractivity contribution in [3.63, 3.8) is 0 Å². The minimum Gasteiger partial charge on any atom is -0.507 e. The first-order valence-corrected chi connectivity index (χ1v) is 10.6. The van der Waals surface area contributed by atoms with Gasteiger partial charge in [-0.3, -0.25) is 9.52 Å². The number of rotatable bonds is 6. The Labute approximate surface area is 161 Å². The molecule has 1 amide bonds. The van der Waals surface area contributed by atoms with Crippen molar-refractivity contribution >= 4 is 38.6 Å². The lowest BCUT2D eigenvalue weighted by molar-refractivity contribution is 0.102. The molecule has 140 valence electrons. The third kappa shape index (κ3) is 4.29. The molecule has 0 spiro atoms. The molecule has 0 bridgehead atoms. The number of phenolic OH excluding ortho intramolecular Hbond substituents is 1. The summed E-state index contributed by atoms with van der Waals surface area (Å²) in [5, 5.41) is 14.6. The maximum atomic E-state index is 12.5. The van der Waals surface area contributed by atoms with Gasteiger partial charge in [0, 0.05) is 11.8 Å². The number of carbonyl (C=O) groups excluding carboxylic acids is 1. The second-order valence-corrected chi connectivity index (χ2v) is 8.59. The normalized spacial score (nSPS) is 11.1. The Balaban J connectivity index is 1.79. The lowest BCUT2D eigenvalue weighted by Gasteiger charge is -2.12. The summed E-state index contributed by atoms with van der Waals surface area (Å²) in [5.41, 5.74) is 1.88. The molecule has 3 rings (SSSR count). The van der Waals surface area contributed by atoms with E-state index in [1.165, 1.54) is 24.3 Å². The monoisotopic (exact) mass is 402 g/mol. The largest absolute Gasteiger partial charge is 0.507 e. The Bertz CT molecular complexity index is 1060. The number of benzene rings is 2. The van der Waals surface area contributed by atoms with Crippen LogP contribution in [0.4, 0.5) is 11.4 Å². The van der Waals surface area contributed by atoms with Crippen molar-refractivity contribution in [1.29, 1.82) is 0 Å². The number of aryl methyl sites for hydroxylation is 1. The molecule has 0 aliphatic heterocycles. The predicted octanol–water partition coefficient (Wildman–Crippen LogP) is 4.07. The molecular formula is C19H18N2O4S2. The quantitative estimate of drug-likeness (QED) is 0.579. The van der Waals surface area contributed by atoms with Crippen LogP contribution in [0.15, 0.2) is 64.2 Å². The molecule has 2 aromatic carbocycles. The van der Waals surface area contributed by atoms with E-state index >= 15 is 0 Å². The van der Waals surface area contributed by atoms with E-state index in [9.17, 15) is 18.3 Å². The molecule has 0 atom stereocenters. The maximum absolute atomic E-state index is 12.5. The predicted molar refractivity (Wildman–Crippen MR) is 107 cm³/mol. The number of thiophene rings is 1. The van der Waals surface area contributed by atoms with E-state index < -0.39 is 15.9 Å². The smallest absolute Gasteiger partial charge is 0.271 e. The first-order chi connectivity index (χ1) is 12.9. The van der Waals surface area contributed by atoms with Gasteiger partial charge in [-0.05, 0) is 41.6 Å². The van der Waals surface area contributed by atoms with Gasteiger partial charge in [0.1, 0.15) is 9.96 Å². The molecule has 3 N–H and O–H groups in total. The molecule has 8 heteroatoms. The molecule has 1 aromatic heterocycles. The highest BCUT2D eigenvalue weighted by Gasteiger charge is 2.18. The number of aromatic hydroxyl groups is 1. The molecule has 1 heterocycles. The van der Waals surface area contributed by atoms with Crippen molar-refractivity contribution in [2.75, 3.05) is 10.0 Å². The molecule has 0 aliphatic carbocycles. The molecule has 3 aromatic rings.